The van der Waals surface area contributed by atoms with Gasteiger partial charge in [0.25, 0.3) is 0 Å². The predicted octanol–water partition coefficient (Wildman–Crippen LogP) is 5.68. The average molecular weight is 449 g/mol. The summed E-state index contributed by atoms with van der Waals surface area (Å²) in [5.74, 6) is 0.296. The standard InChI is InChI=1S/C25H25BrN2O/c1-3-20(26)19-14-22-24-18(17-11-7-8-12-21(17)27(24)2)13-23(25(19)29)28(22)15-16-9-5-4-6-10-16/h4-12,22-23H,3,13-15H2,1-2H3. The minimum Gasteiger partial charge on any atom is -0.346 e. The molecule has 0 radical (unpaired) electrons. The van der Waals surface area contributed by atoms with Crippen molar-refractivity contribution in [1.29, 1.82) is 0 Å². The van der Waals surface area contributed by atoms with Crippen LogP contribution in [0.4, 0.5) is 0 Å². The van der Waals surface area contributed by atoms with Crippen LogP contribution in [0.3, 0.4) is 0 Å². The van der Waals surface area contributed by atoms with E-state index < -0.39 is 0 Å². The third kappa shape index (κ3) is 2.92. The Labute approximate surface area is 180 Å². The van der Waals surface area contributed by atoms with Crippen molar-refractivity contribution in [3.63, 3.8) is 0 Å². The van der Waals surface area contributed by atoms with E-state index in [0.717, 1.165) is 35.9 Å². The molecule has 2 aromatic carbocycles. The summed E-state index contributed by atoms with van der Waals surface area (Å²) in [4.78, 5) is 16.0. The molecule has 3 heterocycles. The summed E-state index contributed by atoms with van der Waals surface area (Å²) in [6.45, 7) is 2.92. The zero-order chi connectivity index (χ0) is 20.1. The molecule has 2 atom stereocenters. The second-order valence-corrected chi connectivity index (χ2v) is 9.10. The number of benzene rings is 2. The van der Waals surface area contributed by atoms with Crippen LogP contribution >= 0.6 is 15.9 Å². The molecule has 148 valence electrons. The number of nitrogens with zero attached hydrogens (tertiary/aromatic N) is 2. The fourth-order valence-corrected chi connectivity index (χ4v) is 5.60. The van der Waals surface area contributed by atoms with Gasteiger partial charge in [0.15, 0.2) is 5.78 Å². The van der Waals surface area contributed by atoms with Crippen LogP contribution in [0.5, 0.6) is 0 Å². The fourth-order valence-electron chi connectivity index (χ4n) is 5.24. The predicted molar refractivity (Wildman–Crippen MR) is 121 cm³/mol. The van der Waals surface area contributed by atoms with E-state index in [9.17, 15) is 4.79 Å². The third-order valence-corrected chi connectivity index (χ3v) is 7.66. The Kier molecular flexibility index (Phi) is 4.72. The van der Waals surface area contributed by atoms with Gasteiger partial charge < -0.3 is 4.57 Å². The highest BCUT2D eigenvalue weighted by molar-refractivity contribution is 9.11. The van der Waals surface area contributed by atoms with Crippen LogP contribution in [0.2, 0.25) is 0 Å². The van der Waals surface area contributed by atoms with Crippen molar-refractivity contribution in [2.45, 2.75) is 44.8 Å². The molecule has 0 aliphatic carbocycles. The molecule has 0 saturated carbocycles. The number of piperidine rings is 1. The number of carbonyl (C=O) groups is 1. The number of ketones is 1. The van der Waals surface area contributed by atoms with Crippen molar-refractivity contribution in [3.05, 3.63) is 81.5 Å². The van der Waals surface area contributed by atoms with Gasteiger partial charge in [-0.2, -0.15) is 0 Å². The van der Waals surface area contributed by atoms with E-state index in [4.69, 9.17) is 0 Å². The minimum atomic E-state index is -0.0960. The largest absolute Gasteiger partial charge is 0.346 e. The van der Waals surface area contributed by atoms with Crippen LogP contribution in [-0.4, -0.2) is 21.3 Å². The molecule has 2 unspecified atom stereocenters. The SMILES string of the molecule is CCC(Br)=C1CC2c3c(c4ccccc4n3C)CC(C1=O)N2Cc1ccccc1. The van der Waals surface area contributed by atoms with Crippen molar-refractivity contribution >= 4 is 32.6 Å². The second-order valence-electron chi connectivity index (χ2n) is 8.14. The molecular formula is C25H25BrN2O. The summed E-state index contributed by atoms with van der Waals surface area (Å²) in [5, 5.41) is 1.30. The van der Waals surface area contributed by atoms with Crippen LogP contribution in [0.25, 0.3) is 10.9 Å². The number of carbonyl (C=O) groups excluding carboxylic acids is 1. The molecule has 0 N–H and O–H groups in total. The first kappa shape index (κ1) is 18.8. The summed E-state index contributed by atoms with van der Waals surface area (Å²) < 4.78 is 3.43. The second kappa shape index (κ2) is 7.26. The molecule has 2 bridgehead atoms. The first-order valence-electron chi connectivity index (χ1n) is 10.4. The Morgan fingerprint density at radius 2 is 1.76 bits per heavy atom. The molecule has 0 amide bonds. The number of para-hydroxylation sites is 1. The van der Waals surface area contributed by atoms with Crippen molar-refractivity contribution < 1.29 is 4.79 Å². The number of Topliss-reactive ketones (excluding diaryl/α,β-unsaturated/α-hetero) is 1. The monoisotopic (exact) mass is 448 g/mol. The maximum atomic E-state index is 13.6. The number of allylic oxidation sites excluding steroid dienone is 1. The normalized spacial score (nSPS) is 23.3. The van der Waals surface area contributed by atoms with Gasteiger partial charge in [-0.05, 0) is 36.5 Å². The lowest BCUT2D eigenvalue weighted by atomic mass is 9.78. The summed E-state index contributed by atoms with van der Waals surface area (Å²) in [6.07, 6.45) is 2.42. The summed E-state index contributed by atoms with van der Waals surface area (Å²) in [7, 11) is 2.18. The van der Waals surface area contributed by atoms with Crippen molar-refractivity contribution in [2.75, 3.05) is 0 Å². The molecule has 3 aromatic rings. The van der Waals surface area contributed by atoms with Crippen LogP contribution in [0, 0.1) is 0 Å². The number of halogens is 1. The highest BCUT2D eigenvalue weighted by atomic mass is 79.9. The van der Waals surface area contributed by atoms with Crippen molar-refractivity contribution in [1.82, 2.24) is 9.47 Å². The molecule has 2 aliphatic heterocycles. The first-order chi connectivity index (χ1) is 14.1. The highest BCUT2D eigenvalue weighted by Gasteiger charge is 2.46. The van der Waals surface area contributed by atoms with Gasteiger partial charge in [-0.3, -0.25) is 9.69 Å². The zero-order valence-corrected chi connectivity index (χ0v) is 18.4. The Hall–Kier alpha value is -2.17. The lowest BCUT2D eigenvalue weighted by Crippen LogP contribution is -2.52. The van der Waals surface area contributed by atoms with Crippen LogP contribution in [-0.2, 0) is 24.8 Å². The van der Waals surface area contributed by atoms with Gasteiger partial charge in [0, 0.05) is 40.2 Å². The van der Waals surface area contributed by atoms with E-state index in [2.05, 4.69) is 87.9 Å². The van der Waals surface area contributed by atoms with Gasteiger partial charge >= 0.3 is 0 Å². The van der Waals surface area contributed by atoms with E-state index >= 15 is 0 Å². The van der Waals surface area contributed by atoms with E-state index in [1.54, 1.807) is 0 Å². The van der Waals surface area contributed by atoms with E-state index in [-0.39, 0.29) is 12.1 Å². The topological polar surface area (TPSA) is 25.2 Å². The number of fused-ring (bicyclic) bond motifs is 6. The van der Waals surface area contributed by atoms with Crippen molar-refractivity contribution in [3.8, 4) is 0 Å². The van der Waals surface area contributed by atoms with E-state index in [0.29, 0.717) is 5.78 Å². The van der Waals surface area contributed by atoms with Gasteiger partial charge in [0.05, 0.1) is 12.1 Å². The maximum Gasteiger partial charge on any atom is 0.177 e. The maximum absolute atomic E-state index is 13.6. The summed E-state index contributed by atoms with van der Waals surface area (Å²) in [6, 6.07) is 19.3. The summed E-state index contributed by atoms with van der Waals surface area (Å²) >= 11 is 3.70. The minimum absolute atomic E-state index is 0.0960. The molecule has 5 rings (SSSR count). The first-order valence-corrected chi connectivity index (χ1v) is 11.2. The Morgan fingerprint density at radius 1 is 1.03 bits per heavy atom. The molecule has 3 nitrogen and oxygen atoms in total. The Balaban J connectivity index is 1.69. The average Bonchev–Trinajstić information content (AvgIpc) is 3.03. The molecular weight excluding hydrogens is 424 g/mol. The van der Waals surface area contributed by atoms with Gasteiger partial charge in [0.2, 0.25) is 0 Å². The molecule has 29 heavy (non-hydrogen) atoms. The van der Waals surface area contributed by atoms with Gasteiger partial charge in [-0.1, -0.05) is 71.4 Å². The third-order valence-electron chi connectivity index (χ3n) is 6.62. The molecule has 1 saturated heterocycles. The molecule has 1 aromatic heterocycles. The zero-order valence-electron chi connectivity index (χ0n) is 16.9. The quantitative estimate of drug-likeness (QED) is 0.481. The van der Waals surface area contributed by atoms with Gasteiger partial charge in [0.1, 0.15) is 0 Å². The van der Waals surface area contributed by atoms with Gasteiger partial charge in [-0.15, -0.1) is 0 Å². The number of aryl methyl sites for hydroxylation is 1. The molecule has 2 aliphatic rings. The number of hydrogen-bond acceptors (Lipinski definition) is 2. The van der Waals surface area contributed by atoms with Crippen molar-refractivity contribution in [2.24, 2.45) is 7.05 Å². The Bertz CT molecular complexity index is 1130. The number of rotatable bonds is 3. The van der Waals surface area contributed by atoms with E-state index in [1.807, 2.05) is 6.07 Å². The smallest absolute Gasteiger partial charge is 0.177 e. The number of aromatic nitrogens is 1. The van der Waals surface area contributed by atoms with Crippen LogP contribution < -0.4 is 0 Å². The Morgan fingerprint density at radius 3 is 2.52 bits per heavy atom. The fraction of sp³-hybridized carbons (Fsp3) is 0.320. The van der Waals surface area contributed by atoms with Crippen LogP contribution in [0.1, 0.15) is 42.6 Å². The number of hydrogen-bond donors (Lipinski definition) is 0. The highest BCUT2D eigenvalue weighted by Crippen LogP contribution is 2.47. The lowest BCUT2D eigenvalue weighted by Gasteiger charge is -2.46. The lowest BCUT2D eigenvalue weighted by molar-refractivity contribution is -0.125. The van der Waals surface area contributed by atoms with Crippen LogP contribution in [0.15, 0.2) is 64.7 Å². The molecule has 0 spiro atoms. The van der Waals surface area contributed by atoms with E-state index in [1.165, 1.54) is 27.7 Å². The summed E-state index contributed by atoms with van der Waals surface area (Å²) in [5.41, 5.74) is 6.25. The molecule has 4 heteroatoms. The molecule has 1 fully saturated rings. The van der Waals surface area contributed by atoms with Gasteiger partial charge in [-0.25, -0.2) is 0 Å².